The van der Waals surface area contributed by atoms with Crippen molar-refractivity contribution in [2.75, 3.05) is 38.2 Å². The fourth-order valence-electron chi connectivity index (χ4n) is 3.76. The van der Waals surface area contributed by atoms with Crippen LogP contribution in [0, 0.1) is 0 Å². The summed E-state index contributed by atoms with van der Waals surface area (Å²) >= 11 is 0. The topological polar surface area (TPSA) is 48.9 Å². The van der Waals surface area contributed by atoms with Crippen molar-refractivity contribution < 1.29 is 4.74 Å². The summed E-state index contributed by atoms with van der Waals surface area (Å²) in [7, 11) is 1.81. The Morgan fingerprint density at radius 3 is 2.63 bits per heavy atom. The number of hydrogen-bond acceptors (Lipinski definition) is 3. The van der Waals surface area contributed by atoms with Gasteiger partial charge in [0.25, 0.3) is 0 Å². The van der Waals surface area contributed by atoms with E-state index < -0.39 is 0 Å². The number of anilines is 1. The molecule has 1 aliphatic carbocycles. The average molecular weight is 371 g/mol. The van der Waals surface area contributed by atoms with E-state index in [1.165, 1.54) is 49.8 Å². The first-order valence-electron chi connectivity index (χ1n) is 10.4. The molecule has 0 aromatic heterocycles. The van der Waals surface area contributed by atoms with Gasteiger partial charge in [-0.25, -0.2) is 0 Å². The lowest BCUT2D eigenvalue weighted by atomic mass is 10.1. The monoisotopic (exact) mass is 370 g/mol. The van der Waals surface area contributed by atoms with Gasteiger partial charge in [-0.1, -0.05) is 50.0 Å². The van der Waals surface area contributed by atoms with Gasteiger partial charge in [0.1, 0.15) is 0 Å². The molecule has 2 N–H and O–H groups in total. The second kappa shape index (κ2) is 11.0. The molecule has 148 valence electrons. The highest BCUT2D eigenvalue weighted by molar-refractivity contribution is 5.79. The zero-order valence-electron chi connectivity index (χ0n) is 16.6. The van der Waals surface area contributed by atoms with Gasteiger partial charge in [-0.05, 0) is 30.5 Å². The Morgan fingerprint density at radius 2 is 1.89 bits per heavy atom. The van der Waals surface area contributed by atoms with Gasteiger partial charge >= 0.3 is 0 Å². The fraction of sp³-hybridized carbons (Fsp3) is 0.591. The molecule has 0 atom stereocenters. The van der Waals surface area contributed by atoms with E-state index in [4.69, 9.17) is 4.74 Å². The molecule has 0 spiro atoms. The minimum Gasteiger partial charge on any atom is -0.376 e. The molecule has 0 radical (unpaired) electrons. The van der Waals surface area contributed by atoms with Crippen LogP contribution in [0.2, 0.25) is 0 Å². The van der Waals surface area contributed by atoms with Gasteiger partial charge in [-0.15, -0.1) is 0 Å². The molecule has 0 saturated heterocycles. The fourth-order valence-corrected chi connectivity index (χ4v) is 3.76. The molecule has 0 amide bonds. The second-order valence-electron chi connectivity index (χ2n) is 7.38. The third-order valence-corrected chi connectivity index (χ3v) is 5.33. The molecule has 5 nitrogen and oxygen atoms in total. The maximum absolute atomic E-state index is 6.04. The highest BCUT2D eigenvalue weighted by Crippen LogP contribution is 2.20. The number of hydrogen-bond donors (Lipinski definition) is 2. The molecule has 0 bridgehead atoms. The van der Waals surface area contributed by atoms with E-state index in [1.807, 2.05) is 7.05 Å². The molecule has 2 aliphatic rings. The van der Waals surface area contributed by atoms with Gasteiger partial charge < -0.3 is 20.3 Å². The molecule has 0 unspecified atom stereocenters. The second-order valence-corrected chi connectivity index (χ2v) is 7.38. The Morgan fingerprint density at radius 1 is 1.11 bits per heavy atom. The molecular formula is C22H34N4O. The summed E-state index contributed by atoms with van der Waals surface area (Å²) in [6, 6.07) is 8.71. The van der Waals surface area contributed by atoms with Crippen molar-refractivity contribution in [3.05, 3.63) is 42.0 Å². The Balaban J connectivity index is 1.37. The Bertz CT molecular complexity index is 612. The zero-order chi connectivity index (χ0) is 18.7. The maximum atomic E-state index is 6.04. The lowest BCUT2D eigenvalue weighted by Gasteiger charge is -2.19. The first-order valence-corrected chi connectivity index (χ1v) is 10.4. The van der Waals surface area contributed by atoms with E-state index in [-0.39, 0.29) is 0 Å². The number of ether oxygens (including phenoxy) is 1. The summed E-state index contributed by atoms with van der Waals surface area (Å²) < 4.78 is 6.04. The van der Waals surface area contributed by atoms with Gasteiger partial charge in [0, 0.05) is 38.9 Å². The van der Waals surface area contributed by atoms with Crippen LogP contribution in [0.25, 0.3) is 0 Å². The molecular weight excluding hydrogens is 336 g/mol. The smallest absolute Gasteiger partial charge is 0.191 e. The molecule has 27 heavy (non-hydrogen) atoms. The van der Waals surface area contributed by atoms with Crippen LogP contribution < -0.4 is 15.5 Å². The van der Waals surface area contributed by atoms with Crippen molar-refractivity contribution in [2.45, 2.75) is 51.2 Å². The van der Waals surface area contributed by atoms with Crippen LogP contribution in [0.1, 0.15) is 44.1 Å². The van der Waals surface area contributed by atoms with Crippen LogP contribution in [0.5, 0.6) is 0 Å². The first-order chi connectivity index (χ1) is 13.3. The van der Waals surface area contributed by atoms with E-state index in [0.717, 1.165) is 38.7 Å². The normalized spacial score (nSPS) is 18.6. The van der Waals surface area contributed by atoms with Crippen LogP contribution in [0.4, 0.5) is 5.69 Å². The van der Waals surface area contributed by atoms with Gasteiger partial charge in [0.2, 0.25) is 0 Å². The van der Waals surface area contributed by atoms with Crippen LogP contribution in [-0.4, -0.2) is 45.4 Å². The summed E-state index contributed by atoms with van der Waals surface area (Å²) in [5, 5.41) is 6.76. The largest absolute Gasteiger partial charge is 0.376 e. The highest BCUT2D eigenvalue weighted by Gasteiger charge is 2.12. The number of benzene rings is 1. The summed E-state index contributed by atoms with van der Waals surface area (Å²) in [5.41, 5.74) is 2.54. The number of nitrogens with one attached hydrogen (secondary N) is 2. The standard InChI is InChI=1S/C22H34N4O/c1-23-22(24-13-16-27-21-11-4-2-3-5-12-21)25-18-19-9-8-10-20(17-19)26-14-6-7-15-26/h6-10,17,21H,2-5,11-16,18H2,1H3,(H2,23,24,25). The predicted molar refractivity (Wildman–Crippen MR) is 113 cm³/mol. The SMILES string of the molecule is CN=C(NCCOC1CCCCCC1)NCc1cccc(N2CC=CC2)c1. The molecule has 1 fully saturated rings. The molecule has 1 heterocycles. The lowest BCUT2D eigenvalue weighted by molar-refractivity contribution is 0.0468. The molecule has 1 aromatic carbocycles. The number of aliphatic imine (C=N–C) groups is 1. The number of rotatable bonds is 7. The van der Waals surface area contributed by atoms with Crippen molar-refractivity contribution in [1.82, 2.24) is 10.6 Å². The van der Waals surface area contributed by atoms with E-state index >= 15 is 0 Å². The zero-order valence-corrected chi connectivity index (χ0v) is 16.6. The van der Waals surface area contributed by atoms with Gasteiger partial charge in [-0.3, -0.25) is 4.99 Å². The van der Waals surface area contributed by atoms with Gasteiger partial charge in [0.15, 0.2) is 5.96 Å². The highest BCUT2D eigenvalue weighted by atomic mass is 16.5. The molecule has 1 saturated carbocycles. The Kier molecular flexibility index (Phi) is 8.03. The van der Waals surface area contributed by atoms with Crippen molar-refractivity contribution in [3.8, 4) is 0 Å². The first kappa shape index (κ1) is 19.7. The summed E-state index contributed by atoms with van der Waals surface area (Å²) in [6.45, 7) is 4.29. The molecule has 5 heteroatoms. The summed E-state index contributed by atoms with van der Waals surface area (Å²) in [5.74, 6) is 0.827. The number of guanidine groups is 1. The number of nitrogens with zero attached hydrogens (tertiary/aromatic N) is 2. The summed E-state index contributed by atoms with van der Waals surface area (Å²) in [4.78, 5) is 6.68. The third kappa shape index (κ3) is 6.58. The maximum Gasteiger partial charge on any atom is 0.191 e. The van der Waals surface area contributed by atoms with Crippen molar-refractivity contribution in [1.29, 1.82) is 0 Å². The quantitative estimate of drug-likeness (QED) is 0.254. The van der Waals surface area contributed by atoms with E-state index in [9.17, 15) is 0 Å². The van der Waals surface area contributed by atoms with Crippen LogP contribution in [-0.2, 0) is 11.3 Å². The Hall–Kier alpha value is -2.01. The summed E-state index contributed by atoms with van der Waals surface area (Å²) in [6.07, 6.45) is 12.7. The van der Waals surface area contributed by atoms with Crippen molar-refractivity contribution >= 4 is 11.6 Å². The van der Waals surface area contributed by atoms with E-state index in [1.54, 1.807) is 0 Å². The Labute approximate surface area is 163 Å². The predicted octanol–water partition coefficient (Wildman–Crippen LogP) is 3.47. The van der Waals surface area contributed by atoms with Crippen molar-refractivity contribution in [2.24, 2.45) is 4.99 Å². The van der Waals surface area contributed by atoms with E-state index in [2.05, 4.69) is 56.9 Å². The van der Waals surface area contributed by atoms with Crippen LogP contribution >= 0.6 is 0 Å². The van der Waals surface area contributed by atoms with Crippen molar-refractivity contribution in [3.63, 3.8) is 0 Å². The van der Waals surface area contributed by atoms with Gasteiger partial charge in [0.05, 0.1) is 12.7 Å². The average Bonchev–Trinajstić information content (AvgIpc) is 3.12. The van der Waals surface area contributed by atoms with Crippen LogP contribution in [0.3, 0.4) is 0 Å². The molecule has 3 rings (SSSR count). The lowest BCUT2D eigenvalue weighted by Crippen LogP contribution is -2.39. The molecule has 1 aromatic rings. The minimum atomic E-state index is 0.451. The third-order valence-electron chi connectivity index (χ3n) is 5.33. The molecule has 1 aliphatic heterocycles. The van der Waals surface area contributed by atoms with Crippen LogP contribution in [0.15, 0.2) is 41.4 Å². The minimum absolute atomic E-state index is 0.451. The van der Waals surface area contributed by atoms with Gasteiger partial charge in [-0.2, -0.15) is 0 Å². The van der Waals surface area contributed by atoms with E-state index in [0.29, 0.717) is 6.10 Å².